The molecule has 0 N–H and O–H groups in total. The monoisotopic (exact) mass is 171 g/mol. The molecule has 74 valence electrons. The lowest BCUT2D eigenvalue weighted by molar-refractivity contribution is 0.130. The minimum atomic E-state index is 0.365. The van der Waals surface area contributed by atoms with Crippen LogP contribution in [0.5, 0.6) is 0 Å². The fourth-order valence-corrected chi connectivity index (χ4v) is 1.11. The number of hydrogen-bond acceptors (Lipinski definition) is 1. The highest BCUT2D eigenvalue weighted by atomic mass is 15.2. The third-order valence-corrected chi connectivity index (χ3v) is 3.18. The Balaban J connectivity index is 3.93. The Morgan fingerprint density at radius 2 is 1.75 bits per heavy atom. The van der Waals surface area contributed by atoms with Crippen LogP contribution in [0.1, 0.15) is 47.5 Å². The van der Waals surface area contributed by atoms with E-state index in [-0.39, 0.29) is 0 Å². The van der Waals surface area contributed by atoms with Crippen molar-refractivity contribution in [1.29, 1.82) is 0 Å². The maximum atomic E-state index is 2.47. The van der Waals surface area contributed by atoms with Gasteiger partial charge in [0.15, 0.2) is 0 Å². The van der Waals surface area contributed by atoms with E-state index in [4.69, 9.17) is 0 Å². The van der Waals surface area contributed by atoms with E-state index in [2.05, 4.69) is 46.6 Å². The van der Waals surface area contributed by atoms with E-state index in [1.165, 1.54) is 19.4 Å². The molecular weight excluding hydrogens is 146 g/mol. The summed E-state index contributed by atoms with van der Waals surface area (Å²) in [7, 11) is 2.23. The van der Waals surface area contributed by atoms with Gasteiger partial charge >= 0.3 is 0 Å². The summed E-state index contributed by atoms with van der Waals surface area (Å²) in [5.41, 5.74) is 0.365. The van der Waals surface area contributed by atoms with Crippen molar-refractivity contribution in [2.24, 2.45) is 5.92 Å². The number of hydrogen-bond donors (Lipinski definition) is 0. The second kappa shape index (κ2) is 4.86. The molecule has 0 aliphatic heterocycles. The van der Waals surface area contributed by atoms with Gasteiger partial charge in [-0.15, -0.1) is 0 Å². The molecule has 0 radical (unpaired) electrons. The van der Waals surface area contributed by atoms with Crippen LogP contribution in [-0.4, -0.2) is 24.0 Å². The summed E-state index contributed by atoms with van der Waals surface area (Å²) in [6, 6.07) is 0. The van der Waals surface area contributed by atoms with Crippen molar-refractivity contribution < 1.29 is 0 Å². The van der Waals surface area contributed by atoms with Crippen molar-refractivity contribution >= 4 is 0 Å². The molecule has 0 aromatic heterocycles. The smallest absolute Gasteiger partial charge is 0.0147 e. The van der Waals surface area contributed by atoms with Gasteiger partial charge in [0.25, 0.3) is 0 Å². The molecule has 0 aliphatic rings. The minimum absolute atomic E-state index is 0.365. The Hall–Kier alpha value is -0.0400. The van der Waals surface area contributed by atoms with Crippen LogP contribution in [0, 0.1) is 5.92 Å². The lowest BCUT2D eigenvalue weighted by Crippen LogP contribution is -2.42. The second-order valence-corrected chi connectivity index (χ2v) is 4.56. The van der Waals surface area contributed by atoms with Crippen LogP contribution in [0.4, 0.5) is 0 Å². The maximum Gasteiger partial charge on any atom is 0.0147 e. The van der Waals surface area contributed by atoms with Crippen LogP contribution in [0.15, 0.2) is 0 Å². The molecule has 0 rings (SSSR count). The average molecular weight is 171 g/mol. The molecule has 0 fully saturated rings. The van der Waals surface area contributed by atoms with Gasteiger partial charge in [0, 0.05) is 12.1 Å². The molecule has 0 aromatic carbocycles. The first kappa shape index (κ1) is 12.0. The lowest BCUT2D eigenvalue weighted by Gasteiger charge is -2.36. The van der Waals surface area contributed by atoms with Gasteiger partial charge in [0.05, 0.1) is 0 Å². The van der Waals surface area contributed by atoms with Crippen LogP contribution >= 0.6 is 0 Å². The van der Waals surface area contributed by atoms with Gasteiger partial charge in [-0.2, -0.15) is 0 Å². The predicted octanol–water partition coefficient (Wildman–Crippen LogP) is 3.15. The summed E-state index contributed by atoms with van der Waals surface area (Å²) in [6.07, 6.45) is 2.50. The van der Waals surface area contributed by atoms with Gasteiger partial charge in [0.1, 0.15) is 0 Å². The molecular formula is C11H25N. The molecule has 0 amide bonds. The Kier molecular flexibility index (Phi) is 4.84. The van der Waals surface area contributed by atoms with Crippen molar-refractivity contribution in [1.82, 2.24) is 4.90 Å². The Labute approximate surface area is 78.1 Å². The largest absolute Gasteiger partial charge is 0.301 e. The lowest BCUT2D eigenvalue weighted by atomic mass is 9.98. The van der Waals surface area contributed by atoms with Crippen LogP contribution in [-0.2, 0) is 0 Å². The third kappa shape index (κ3) is 3.57. The molecule has 0 saturated carbocycles. The van der Waals surface area contributed by atoms with Crippen molar-refractivity contribution in [3.05, 3.63) is 0 Å². The van der Waals surface area contributed by atoms with Crippen molar-refractivity contribution in [3.8, 4) is 0 Å². The minimum Gasteiger partial charge on any atom is -0.301 e. The van der Waals surface area contributed by atoms with E-state index >= 15 is 0 Å². The molecule has 0 heterocycles. The first-order valence-corrected chi connectivity index (χ1v) is 5.15. The summed E-state index contributed by atoms with van der Waals surface area (Å²) >= 11 is 0. The SMILES string of the molecule is CCC(C)CN(C)C(C)(C)CC. The highest BCUT2D eigenvalue weighted by Crippen LogP contribution is 2.18. The predicted molar refractivity (Wildman–Crippen MR) is 56.5 cm³/mol. The van der Waals surface area contributed by atoms with Crippen LogP contribution in [0.3, 0.4) is 0 Å². The summed E-state index contributed by atoms with van der Waals surface area (Å²) in [6.45, 7) is 12.7. The molecule has 1 unspecified atom stereocenters. The number of rotatable bonds is 5. The quantitative estimate of drug-likeness (QED) is 0.614. The van der Waals surface area contributed by atoms with Crippen molar-refractivity contribution in [3.63, 3.8) is 0 Å². The van der Waals surface area contributed by atoms with E-state index in [0.717, 1.165) is 5.92 Å². The van der Waals surface area contributed by atoms with E-state index in [1.54, 1.807) is 0 Å². The summed E-state index contributed by atoms with van der Waals surface area (Å²) in [5.74, 6) is 0.820. The molecule has 1 atom stereocenters. The fraction of sp³-hybridized carbons (Fsp3) is 1.00. The maximum absolute atomic E-state index is 2.47. The third-order valence-electron chi connectivity index (χ3n) is 3.18. The van der Waals surface area contributed by atoms with E-state index in [0.29, 0.717) is 5.54 Å². The zero-order valence-electron chi connectivity index (χ0n) is 9.65. The van der Waals surface area contributed by atoms with Crippen LogP contribution < -0.4 is 0 Å². The Morgan fingerprint density at radius 1 is 1.25 bits per heavy atom. The van der Waals surface area contributed by atoms with E-state index in [1.807, 2.05) is 0 Å². The zero-order valence-corrected chi connectivity index (χ0v) is 9.65. The fourth-order valence-electron chi connectivity index (χ4n) is 1.11. The molecule has 0 bridgehead atoms. The Bertz CT molecular complexity index is 118. The van der Waals surface area contributed by atoms with Crippen molar-refractivity contribution in [2.75, 3.05) is 13.6 Å². The molecule has 1 heteroatoms. The van der Waals surface area contributed by atoms with Gasteiger partial charge in [0.2, 0.25) is 0 Å². The molecule has 0 aromatic rings. The Morgan fingerprint density at radius 3 is 2.08 bits per heavy atom. The highest BCUT2D eigenvalue weighted by Gasteiger charge is 2.21. The molecule has 1 nitrogen and oxygen atoms in total. The first-order chi connectivity index (χ1) is 5.44. The zero-order chi connectivity index (χ0) is 9.78. The van der Waals surface area contributed by atoms with Crippen molar-refractivity contribution in [2.45, 2.75) is 53.0 Å². The molecule has 0 aliphatic carbocycles. The van der Waals surface area contributed by atoms with Crippen LogP contribution in [0.25, 0.3) is 0 Å². The molecule has 0 saturated heterocycles. The number of nitrogens with zero attached hydrogens (tertiary/aromatic N) is 1. The van der Waals surface area contributed by atoms with Gasteiger partial charge < -0.3 is 4.90 Å². The van der Waals surface area contributed by atoms with Gasteiger partial charge in [-0.25, -0.2) is 0 Å². The topological polar surface area (TPSA) is 3.24 Å². The summed E-state index contributed by atoms with van der Waals surface area (Å²) < 4.78 is 0. The molecule has 12 heavy (non-hydrogen) atoms. The first-order valence-electron chi connectivity index (χ1n) is 5.15. The van der Waals surface area contributed by atoms with Crippen LogP contribution in [0.2, 0.25) is 0 Å². The highest BCUT2D eigenvalue weighted by molar-refractivity contribution is 4.77. The van der Waals surface area contributed by atoms with E-state index in [9.17, 15) is 0 Å². The van der Waals surface area contributed by atoms with Gasteiger partial charge in [-0.05, 0) is 33.2 Å². The second-order valence-electron chi connectivity index (χ2n) is 4.56. The van der Waals surface area contributed by atoms with E-state index < -0.39 is 0 Å². The average Bonchev–Trinajstić information content (AvgIpc) is 2.04. The van der Waals surface area contributed by atoms with Gasteiger partial charge in [-0.3, -0.25) is 0 Å². The standard InChI is InChI=1S/C11H25N/c1-7-10(3)9-12(6)11(4,5)8-2/h10H,7-9H2,1-6H3. The summed E-state index contributed by atoms with van der Waals surface area (Å²) in [5, 5.41) is 0. The summed E-state index contributed by atoms with van der Waals surface area (Å²) in [4.78, 5) is 2.47. The van der Waals surface area contributed by atoms with Gasteiger partial charge in [-0.1, -0.05) is 27.2 Å². The molecule has 0 spiro atoms. The normalized spacial score (nSPS) is 15.2.